The molecule has 2 aliphatic rings. The van der Waals surface area contributed by atoms with Crippen LogP contribution in [0.1, 0.15) is 26.2 Å². The molecule has 0 N–H and O–H groups in total. The van der Waals surface area contributed by atoms with Crippen molar-refractivity contribution >= 4 is 0 Å². The van der Waals surface area contributed by atoms with Crippen molar-refractivity contribution in [3.63, 3.8) is 0 Å². The quantitative estimate of drug-likeness (QED) is 0.618. The Bertz CT molecular complexity index is 258. The van der Waals surface area contributed by atoms with Gasteiger partial charge in [-0.05, 0) is 25.0 Å². The van der Waals surface area contributed by atoms with Crippen molar-refractivity contribution in [3.05, 3.63) is 41.7 Å². The van der Waals surface area contributed by atoms with Gasteiger partial charge in [-0.3, -0.25) is 0 Å². The van der Waals surface area contributed by atoms with Crippen molar-refractivity contribution in [2.45, 2.75) is 26.2 Å². The van der Waals surface area contributed by atoms with Crippen LogP contribution in [0.4, 0.5) is 0 Å². The zero-order chi connectivity index (χ0) is 8.39. The van der Waals surface area contributed by atoms with Crippen LogP contribution in [0.2, 0.25) is 0 Å². The minimum Gasteiger partial charge on any atom is -0.478 e. The number of allylic oxidation sites excluding steroid dienone is 3. The topological polar surface area (TPSA) is 9.23 Å². The molecule has 63 valence electrons. The van der Waals surface area contributed by atoms with E-state index < -0.39 is 0 Å². The Morgan fingerprint density at radius 3 is 3.08 bits per heavy atom. The van der Waals surface area contributed by atoms with Gasteiger partial charge < -0.3 is 4.74 Å². The normalized spacial score (nSPS) is 20.4. The maximum atomic E-state index is 5.61. The molecule has 1 aliphatic carbocycles. The number of hydrogen-bond donors (Lipinski definition) is 0. The lowest BCUT2D eigenvalue weighted by Crippen LogP contribution is -1.92. The second-order valence-corrected chi connectivity index (χ2v) is 3.16. The molecular formula is C11H13O. The van der Waals surface area contributed by atoms with E-state index in [9.17, 15) is 0 Å². The molecule has 1 nitrogen and oxygen atoms in total. The van der Waals surface area contributed by atoms with E-state index >= 15 is 0 Å². The molecule has 0 fully saturated rings. The SMILES string of the molecule is CCCC[C]1C=C2C=CC=C2O1. The van der Waals surface area contributed by atoms with E-state index in [2.05, 4.69) is 19.1 Å². The van der Waals surface area contributed by atoms with Gasteiger partial charge >= 0.3 is 0 Å². The van der Waals surface area contributed by atoms with E-state index in [0.29, 0.717) is 0 Å². The summed E-state index contributed by atoms with van der Waals surface area (Å²) in [5.41, 5.74) is 1.24. The third-order valence-corrected chi connectivity index (χ3v) is 2.14. The highest BCUT2D eigenvalue weighted by Crippen LogP contribution is 2.34. The van der Waals surface area contributed by atoms with Gasteiger partial charge in [0.25, 0.3) is 0 Å². The van der Waals surface area contributed by atoms with E-state index in [-0.39, 0.29) is 0 Å². The van der Waals surface area contributed by atoms with Gasteiger partial charge in [0, 0.05) is 5.57 Å². The van der Waals surface area contributed by atoms with Gasteiger partial charge in [0.05, 0.1) is 0 Å². The molecular weight excluding hydrogens is 148 g/mol. The maximum Gasteiger partial charge on any atom is 0.171 e. The lowest BCUT2D eigenvalue weighted by molar-refractivity contribution is 0.260. The van der Waals surface area contributed by atoms with E-state index in [1.54, 1.807) is 0 Å². The fourth-order valence-corrected chi connectivity index (χ4v) is 1.45. The van der Waals surface area contributed by atoms with Gasteiger partial charge in [0.1, 0.15) is 5.76 Å². The first kappa shape index (κ1) is 7.66. The predicted octanol–water partition coefficient (Wildman–Crippen LogP) is 3.12. The summed E-state index contributed by atoms with van der Waals surface area (Å²) in [5, 5.41) is 0. The summed E-state index contributed by atoms with van der Waals surface area (Å²) in [5.74, 6) is 1.03. The first-order valence-corrected chi connectivity index (χ1v) is 4.54. The van der Waals surface area contributed by atoms with Gasteiger partial charge in [-0.1, -0.05) is 25.5 Å². The van der Waals surface area contributed by atoms with Crippen molar-refractivity contribution < 1.29 is 4.74 Å². The largest absolute Gasteiger partial charge is 0.478 e. The van der Waals surface area contributed by atoms with Gasteiger partial charge in [-0.25, -0.2) is 0 Å². The van der Waals surface area contributed by atoms with Crippen molar-refractivity contribution in [2.24, 2.45) is 0 Å². The highest BCUT2D eigenvalue weighted by Gasteiger charge is 2.22. The van der Waals surface area contributed by atoms with Crippen molar-refractivity contribution in [3.8, 4) is 0 Å². The molecule has 0 aromatic rings. The summed E-state index contributed by atoms with van der Waals surface area (Å²) in [4.78, 5) is 0. The summed E-state index contributed by atoms with van der Waals surface area (Å²) in [6.07, 6.45) is 12.9. The molecule has 0 saturated heterocycles. The average molecular weight is 161 g/mol. The van der Waals surface area contributed by atoms with Crippen molar-refractivity contribution in [2.75, 3.05) is 0 Å². The van der Waals surface area contributed by atoms with E-state index in [4.69, 9.17) is 4.74 Å². The molecule has 2 rings (SSSR count). The van der Waals surface area contributed by atoms with Crippen LogP contribution in [0.15, 0.2) is 35.6 Å². The number of rotatable bonds is 3. The minimum absolute atomic E-state index is 1.03. The van der Waals surface area contributed by atoms with Gasteiger partial charge in [0.15, 0.2) is 6.10 Å². The molecule has 0 amide bonds. The molecule has 1 radical (unpaired) electrons. The molecule has 1 heterocycles. The van der Waals surface area contributed by atoms with Crippen LogP contribution in [0.25, 0.3) is 0 Å². The highest BCUT2D eigenvalue weighted by molar-refractivity contribution is 5.50. The van der Waals surface area contributed by atoms with Gasteiger partial charge in [-0.2, -0.15) is 0 Å². The Labute approximate surface area is 73.4 Å². The predicted molar refractivity (Wildman–Crippen MR) is 49.2 cm³/mol. The van der Waals surface area contributed by atoms with Crippen molar-refractivity contribution in [1.82, 2.24) is 0 Å². The van der Waals surface area contributed by atoms with E-state index in [1.165, 1.54) is 18.4 Å². The summed E-state index contributed by atoms with van der Waals surface area (Å²) < 4.78 is 5.61. The molecule has 0 aromatic heterocycles. The average Bonchev–Trinajstić information content (AvgIpc) is 2.58. The molecule has 12 heavy (non-hydrogen) atoms. The first-order chi connectivity index (χ1) is 5.90. The molecule has 1 aliphatic heterocycles. The van der Waals surface area contributed by atoms with Crippen LogP contribution in [0.5, 0.6) is 0 Å². The minimum atomic E-state index is 1.03. The molecule has 0 aromatic carbocycles. The highest BCUT2D eigenvalue weighted by atomic mass is 16.5. The maximum absolute atomic E-state index is 5.61. The number of fused-ring (bicyclic) bond motifs is 1. The monoisotopic (exact) mass is 161 g/mol. The fourth-order valence-electron chi connectivity index (χ4n) is 1.45. The molecule has 0 saturated carbocycles. The third-order valence-electron chi connectivity index (χ3n) is 2.14. The summed E-state index contributed by atoms with van der Waals surface area (Å²) in [6, 6.07) is 0. The lowest BCUT2D eigenvalue weighted by Gasteiger charge is -2.06. The van der Waals surface area contributed by atoms with Gasteiger partial charge in [-0.15, -0.1) is 0 Å². The summed E-state index contributed by atoms with van der Waals surface area (Å²) in [6.45, 7) is 2.20. The van der Waals surface area contributed by atoms with E-state index in [0.717, 1.165) is 18.3 Å². The smallest absolute Gasteiger partial charge is 0.171 e. The Balaban J connectivity index is 1.94. The second kappa shape index (κ2) is 3.18. The molecule has 0 atom stereocenters. The first-order valence-electron chi connectivity index (χ1n) is 4.54. The fraction of sp³-hybridized carbons (Fsp3) is 0.364. The lowest BCUT2D eigenvalue weighted by atomic mass is 10.1. The standard InChI is InChI=1S/C11H13O/c1-2-3-6-10-8-9-5-4-7-11(9)12-10/h4-5,7-8H,2-3,6H2,1H3. The Morgan fingerprint density at radius 2 is 2.33 bits per heavy atom. The van der Waals surface area contributed by atoms with Gasteiger partial charge in [0.2, 0.25) is 0 Å². The summed E-state index contributed by atoms with van der Waals surface area (Å²) >= 11 is 0. The second-order valence-electron chi connectivity index (χ2n) is 3.16. The van der Waals surface area contributed by atoms with Crippen LogP contribution < -0.4 is 0 Å². The zero-order valence-electron chi connectivity index (χ0n) is 7.34. The van der Waals surface area contributed by atoms with Crippen LogP contribution >= 0.6 is 0 Å². The Kier molecular flexibility index (Phi) is 2.03. The zero-order valence-corrected chi connectivity index (χ0v) is 7.34. The molecule has 0 spiro atoms. The number of ether oxygens (including phenoxy) is 1. The van der Waals surface area contributed by atoms with Crippen LogP contribution in [-0.4, -0.2) is 0 Å². The van der Waals surface area contributed by atoms with E-state index in [1.807, 2.05) is 12.2 Å². The molecule has 0 bridgehead atoms. The van der Waals surface area contributed by atoms with Crippen LogP contribution in [-0.2, 0) is 4.74 Å². The Hall–Kier alpha value is -0.980. The molecule has 0 unspecified atom stereocenters. The number of hydrogen-bond acceptors (Lipinski definition) is 1. The van der Waals surface area contributed by atoms with Crippen molar-refractivity contribution in [1.29, 1.82) is 0 Å². The Morgan fingerprint density at radius 1 is 1.42 bits per heavy atom. The third kappa shape index (κ3) is 1.31. The summed E-state index contributed by atoms with van der Waals surface area (Å²) in [7, 11) is 0. The number of unbranched alkanes of at least 4 members (excludes halogenated alkanes) is 1. The molecule has 1 heteroatoms. The van der Waals surface area contributed by atoms with Crippen LogP contribution in [0, 0.1) is 6.10 Å². The van der Waals surface area contributed by atoms with Crippen LogP contribution in [0.3, 0.4) is 0 Å².